The van der Waals surface area contributed by atoms with Crippen molar-refractivity contribution in [2.75, 3.05) is 5.75 Å². The second kappa shape index (κ2) is 6.58. The van der Waals surface area contributed by atoms with Crippen LogP contribution in [0.2, 0.25) is 0 Å². The Hall–Kier alpha value is -0.540. The van der Waals surface area contributed by atoms with Crippen molar-refractivity contribution in [3.05, 3.63) is 29.6 Å². The van der Waals surface area contributed by atoms with Gasteiger partial charge < -0.3 is 5.32 Å². The van der Waals surface area contributed by atoms with Crippen LogP contribution in [-0.4, -0.2) is 11.8 Å². The van der Waals surface area contributed by atoms with E-state index in [1.807, 2.05) is 6.07 Å². The van der Waals surface area contributed by atoms with E-state index in [0.29, 0.717) is 12.1 Å². The van der Waals surface area contributed by atoms with Gasteiger partial charge >= 0.3 is 0 Å². The lowest BCUT2D eigenvalue weighted by molar-refractivity contribution is 0.410. The highest BCUT2D eigenvalue weighted by atomic mass is 32.2. The number of unbranched alkanes of at least 4 members (excludes halogenated alkanes) is 1. The van der Waals surface area contributed by atoms with Gasteiger partial charge in [0.25, 0.3) is 0 Å². The van der Waals surface area contributed by atoms with E-state index in [-0.39, 0.29) is 5.82 Å². The summed E-state index contributed by atoms with van der Waals surface area (Å²) in [4.78, 5) is 0.851. The third kappa shape index (κ3) is 3.27. The minimum atomic E-state index is -0.0646. The molecule has 2 rings (SSSR count). The van der Waals surface area contributed by atoms with Gasteiger partial charge in [-0.25, -0.2) is 4.39 Å². The molecule has 0 bridgehead atoms. The molecule has 0 spiro atoms. The Labute approximate surface area is 114 Å². The number of fused-ring (bicyclic) bond motifs is 1. The first-order valence-corrected chi connectivity index (χ1v) is 7.88. The zero-order valence-corrected chi connectivity index (χ0v) is 12.0. The van der Waals surface area contributed by atoms with Crippen molar-refractivity contribution in [1.82, 2.24) is 5.32 Å². The summed E-state index contributed by atoms with van der Waals surface area (Å²) in [5, 5.41) is 3.66. The van der Waals surface area contributed by atoms with Gasteiger partial charge in [0.1, 0.15) is 5.82 Å². The second-order valence-corrected chi connectivity index (χ2v) is 6.16. The fourth-order valence-electron chi connectivity index (χ4n) is 2.50. The fourth-order valence-corrected chi connectivity index (χ4v) is 3.64. The smallest absolute Gasteiger partial charge is 0.137 e. The monoisotopic (exact) mass is 267 g/mol. The summed E-state index contributed by atoms with van der Waals surface area (Å²) in [5.74, 6) is 0.941. The molecule has 18 heavy (non-hydrogen) atoms. The average Bonchev–Trinajstić information content (AvgIpc) is 2.38. The van der Waals surface area contributed by atoms with Crippen LogP contribution in [-0.2, 0) is 0 Å². The predicted octanol–water partition coefficient (Wildman–Crippen LogP) is 4.53. The summed E-state index contributed by atoms with van der Waals surface area (Å²) in [6.07, 6.45) is 4.78. The molecule has 0 aliphatic carbocycles. The molecule has 1 aliphatic rings. The Morgan fingerprint density at radius 1 is 1.50 bits per heavy atom. The number of hydrogen-bond donors (Lipinski definition) is 1. The van der Waals surface area contributed by atoms with Crippen LogP contribution >= 0.6 is 11.8 Å². The summed E-state index contributed by atoms with van der Waals surface area (Å²) < 4.78 is 13.7. The van der Waals surface area contributed by atoms with Crippen molar-refractivity contribution in [1.29, 1.82) is 0 Å². The summed E-state index contributed by atoms with van der Waals surface area (Å²) in [6, 6.07) is 6.28. The average molecular weight is 267 g/mol. The number of benzene rings is 1. The summed E-state index contributed by atoms with van der Waals surface area (Å²) in [5.41, 5.74) is 1.15. The second-order valence-electron chi connectivity index (χ2n) is 5.06. The van der Waals surface area contributed by atoms with Gasteiger partial charge in [0.15, 0.2) is 0 Å². The molecule has 1 aromatic carbocycles. The normalized spacial score (nSPS) is 20.5. The van der Waals surface area contributed by atoms with Crippen molar-refractivity contribution < 1.29 is 4.39 Å². The zero-order valence-electron chi connectivity index (χ0n) is 11.2. The molecule has 0 radical (unpaired) electrons. The first-order valence-electron chi connectivity index (χ1n) is 6.89. The van der Waals surface area contributed by atoms with Crippen LogP contribution < -0.4 is 5.32 Å². The van der Waals surface area contributed by atoms with Crippen LogP contribution in [0, 0.1) is 5.82 Å². The van der Waals surface area contributed by atoms with Gasteiger partial charge in [0, 0.05) is 17.0 Å². The van der Waals surface area contributed by atoms with Gasteiger partial charge in [-0.1, -0.05) is 31.9 Å². The minimum Gasteiger partial charge on any atom is -0.307 e. The minimum absolute atomic E-state index is 0.0646. The lowest BCUT2D eigenvalue weighted by Crippen LogP contribution is -2.32. The SMILES string of the molecule is CCCCC(C)NC1CCSc2c(F)cccc21. The number of rotatable bonds is 5. The third-order valence-electron chi connectivity index (χ3n) is 3.50. The van der Waals surface area contributed by atoms with Gasteiger partial charge in [-0.15, -0.1) is 11.8 Å². The van der Waals surface area contributed by atoms with Crippen LogP contribution in [0.3, 0.4) is 0 Å². The van der Waals surface area contributed by atoms with Crippen LogP contribution in [0.1, 0.15) is 51.1 Å². The molecule has 2 unspecified atom stereocenters. The first kappa shape index (κ1) is 13.9. The van der Waals surface area contributed by atoms with Gasteiger partial charge in [-0.05, 0) is 37.1 Å². The van der Waals surface area contributed by atoms with Gasteiger partial charge in [-0.3, -0.25) is 0 Å². The summed E-state index contributed by atoms with van der Waals surface area (Å²) in [6.45, 7) is 4.45. The van der Waals surface area contributed by atoms with E-state index in [1.165, 1.54) is 19.3 Å². The van der Waals surface area contributed by atoms with E-state index >= 15 is 0 Å². The molecule has 1 aromatic rings. The quantitative estimate of drug-likeness (QED) is 0.841. The third-order valence-corrected chi connectivity index (χ3v) is 4.66. The molecule has 3 heteroatoms. The van der Waals surface area contributed by atoms with Crippen molar-refractivity contribution in [3.8, 4) is 0 Å². The Morgan fingerprint density at radius 2 is 2.33 bits per heavy atom. The lowest BCUT2D eigenvalue weighted by Gasteiger charge is -2.29. The van der Waals surface area contributed by atoms with Crippen molar-refractivity contribution in [3.63, 3.8) is 0 Å². The molecule has 0 saturated heterocycles. The Morgan fingerprint density at radius 3 is 3.11 bits per heavy atom. The molecule has 0 aromatic heterocycles. The van der Waals surface area contributed by atoms with Crippen molar-refractivity contribution in [2.24, 2.45) is 0 Å². The van der Waals surface area contributed by atoms with E-state index in [2.05, 4.69) is 25.2 Å². The van der Waals surface area contributed by atoms with Crippen LogP contribution in [0.4, 0.5) is 4.39 Å². The van der Waals surface area contributed by atoms with E-state index in [0.717, 1.165) is 22.6 Å². The number of thioether (sulfide) groups is 1. The molecule has 1 nitrogen and oxygen atoms in total. The molecule has 1 heterocycles. The topological polar surface area (TPSA) is 12.0 Å². The molecular weight excluding hydrogens is 245 g/mol. The van der Waals surface area contributed by atoms with Crippen LogP contribution in [0.15, 0.2) is 23.1 Å². The highest BCUT2D eigenvalue weighted by molar-refractivity contribution is 7.99. The van der Waals surface area contributed by atoms with Gasteiger partial charge in [-0.2, -0.15) is 0 Å². The standard InChI is InChI=1S/C15H22FNS/c1-3-4-6-11(2)17-14-9-10-18-15-12(14)7-5-8-13(15)16/h5,7-8,11,14,17H,3-4,6,9-10H2,1-2H3. The number of halogens is 1. The predicted molar refractivity (Wildman–Crippen MR) is 76.6 cm³/mol. The maximum atomic E-state index is 13.7. The van der Waals surface area contributed by atoms with Gasteiger partial charge in [0.05, 0.1) is 0 Å². The highest BCUT2D eigenvalue weighted by Crippen LogP contribution is 2.37. The van der Waals surface area contributed by atoms with Crippen LogP contribution in [0.25, 0.3) is 0 Å². The Bertz CT molecular complexity index is 394. The zero-order chi connectivity index (χ0) is 13.0. The fraction of sp³-hybridized carbons (Fsp3) is 0.600. The summed E-state index contributed by atoms with van der Waals surface area (Å²) in [7, 11) is 0. The maximum Gasteiger partial charge on any atom is 0.137 e. The van der Waals surface area contributed by atoms with E-state index in [1.54, 1.807) is 17.8 Å². The Kier molecular flexibility index (Phi) is 5.07. The number of nitrogens with one attached hydrogen (secondary N) is 1. The highest BCUT2D eigenvalue weighted by Gasteiger charge is 2.23. The molecule has 0 fully saturated rings. The molecule has 0 saturated carbocycles. The Balaban J connectivity index is 2.06. The number of hydrogen-bond acceptors (Lipinski definition) is 2. The first-order chi connectivity index (χ1) is 8.72. The van der Waals surface area contributed by atoms with E-state index in [4.69, 9.17) is 0 Å². The largest absolute Gasteiger partial charge is 0.307 e. The molecule has 0 amide bonds. The van der Waals surface area contributed by atoms with Crippen LogP contribution in [0.5, 0.6) is 0 Å². The lowest BCUT2D eigenvalue weighted by atomic mass is 10.0. The molecule has 1 N–H and O–H groups in total. The summed E-state index contributed by atoms with van der Waals surface area (Å²) >= 11 is 1.65. The molecule has 2 atom stereocenters. The van der Waals surface area contributed by atoms with E-state index in [9.17, 15) is 4.39 Å². The molecule has 1 aliphatic heterocycles. The van der Waals surface area contributed by atoms with Crippen molar-refractivity contribution >= 4 is 11.8 Å². The van der Waals surface area contributed by atoms with E-state index < -0.39 is 0 Å². The van der Waals surface area contributed by atoms with Gasteiger partial charge in [0.2, 0.25) is 0 Å². The van der Waals surface area contributed by atoms with Crippen molar-refractivity contribution in [2.45, 2.75) is 56.5 Å². The molecule has 100 valence electrons. The molecular formula is C15H22FNS. The maximum absolute atomic E-state index is 13.7.